The number of sulfonamides is 1. The summed E-state index contributed by atoms with van der Waals surface area (Å²) < 4.78 is 36.1. The minimum Gasteiger partial charge on any atom is -0.424 e. The van der Waals surface area contributed by atoms with Crippen molar-refractivity contribution >= 4 is 44.1 Å². The van der Waals surface area contributed by atoms with Gasteiger partial charge in [-0.3, -0.25) is 9.36 Å². The Hall–Kier alpha value is -3.41. The fourth-order valence-electron chi connectivity index (χ4n) is 3.50. The van der Waals surface area contributed by atoms with Gasteiger partial charge in [-0.15, -0.1) is 5.10 Å². The zero-order valence-corrected chi connectivity index (χ0v) is 20.2. The summed E-state index contributed by atoms with van der Waals surface area (Å²) in [6.07, 6.45) is 1.84. The molecule has 0 fully saturated rings. The summed E-state index contributed by atoms with van der Waals surface area (Å²) >= 11 is 6.14. The van der Waals surface area contributed by atoms with Crippen LogP contribution in [0.15, 0.2) is 53.6 Å². The number of H-pyrrole nitrogens is 1. The zero-order valence-electron chi connectivity index (χ0n) is 18.7. The van der Waals surface area contributed by atoms with Gasteiger partial charge in [-0.05, 0) is 55.6 Å². The number of hydrogen-bond donors (Lipinski definition) is 3. The Bertz CT molecular complexity index is 1460. The molecule has 0 aliphatic heterocycles. The maximum atomic E-state index is 12.9. The van der Waals surface area contributed by atoms with Gasteiger partial charge >= 0.3 is 6.01 Å². The number of carbonyl (C=O) groups is 1. The van der Waals surface area contributed by atoms with Crippen molar-refractivity contribution in [3.05, 3.63) is 59.5 Å². The molecule has 3 N–H and O–H groups in total. The van der Waals surface area contributed by atoms with Crippen LogP contribution in [-0.4, -0.2) is 34.1 Å². The Morgan fingerprint density at radius 3 is 2.71 bits per heavy atom. The molecule has 1 atom stereocenters. The van der Waals surface area contributed by atoms with Crippen molar-refractivity contribution in [2.45, 2.75) is 38.3 Å². The van der Waals surface area contributed by atoms with Crippen molar-refractivity contribution in [2.24, 2.45) is 0 Å². The number of fused-ring (bicyclic) bond motifs is 1. The number of amides is 1. The first-order chi connectivity index (χ1) is 16.2. The van der Waals surface area contributed by atoms with E-state index >= 15 is 0 Å². The van der Waals surface area contributed by atoms with Gasteiger partial charge in [0.1, 0.15) is 5.75 Å². The van der Waals surface area contributed by atoms with Gasteiger partial charge in [0, 0.05) is 31.2 Å². The lowest BCUT2D eigenvalue weighted by molar-refractivity contribution is -0.114. The molecule has 0 aliphatic carbocycles. The number of hydrogen-bond acceptors (Lipinski definition) is 6. The lowest BCUT2D eigenvalue weighted by atomic mass is 10.2. The van der Waals surface area contributed by atoms with E-state index in [-0.39, 0.29) is 21.8 Å². The van der Waals surface area contributed by atoms with E-state index < -0.39 is 16.1 Å². The first-order valence-corrected chi connectivity index (χ1v) is 12.3. The standard InChI is InChI=1S/C22H23ClN6O4S/c1-4-29-21(26-27-22(29)33-16-6-5-15-9-10-24-20(15)11-16)13(2)28-34(31,32)17-7-8-19(18(23)12-17)25-14(3)30/h5-13,24,28H,4H2,1-3H3,(H,25,30)/t13-/m1/s1. The number of aromatic amines is 1. The van der Waals surface area contributed by atoms with Crippen LogP contribution in [0.2, 0.25) is 5.02 Å². The maximum Gasteiger partial charge on any atom is 0.322 e. The van der Waals surface area contributed by atoms with Gasteiger partial charge in [0.2, 0.25) is 15.9 Å². The number of benzene rings is 2. The Morgan fingerprint density at radius 1 is 1.21 bits per heavy atom. The fourth-order valence-corrected chi connectivity index (χ4v) is 5.02. The van der Waals surface area contributed by atoms with Gasteiger partial charge < -0.3 is 15.0 Å². The molecule has 4 rings (SSSR count). The highest BCUT2D eigenvalue weighted by atomic mass is 35.5. The monoisotopic (exact) mass is 502 g/mol. The van der Waals surface area contributed by atoms with Crippen molar-refractivity contribution < 1.29 is 17.9 Å². The summed E-state index contributed by atoms with van der Waals surface area (Å²) in [5.41, 5.74) is 1.25. The van der Waals surface area contributed by atoms with Gasteiger partial charge in [0.05, 0.1) is 21.6 Å². The average molecular weight is 503 g/mol. The lowest BCUT2D eigenvalue weighted by Gasteiger charge is -2.16. The molecule has 0 spiro atoms. The number of nitrogens with one attached hydrogen (secondary N) is 3. The van der Waals surface area contributed by atoms with E-state index in [0.29, 0.717) is 23.8 Å². The van der Waals surface area contributed by atoms with Crippen molar-refractivity contribution in [1.82, 2.24) is 24.5 Å². The first kappa shape index (κ1) is 23.7. The molecule has 34 heavy (non-hydrogen) atoms. The minimum absolute atomic E-state index is 0.0447. The summed E-state index contributed by atoms with van der Waals surface area (Å²) in [6.45, 7) is 5.35. The van der Waals surface area contributed by atoms with E-state index in [1.807, 2.05) is 37.4 Å². The highest BCUT2D eigenvalue weighted by Crippen LogP contribution is 2.28. The van der Waals surface area contributed by atoms with E-state index in [0.717, 1.165) is 10.9 Å². The zero-order chi connectivity index (χ0) is 24.5. The van der Waals surface area contributed by atoms with Crippen LogP contribution in [0.3, 0.4) is 0 Å². The van der Waals surface area contributed by atoms with Crippen molar-refractivity contribution in [3.63, 3.8) is 0 Å². The molecular formula is C22H23ClN6O4S. The number of halogens is 1. The molecule has 2 aromatic heterocycles. The quantitative estimate of drug-likeness (QED) is 0.330. The Labute approximate surface area is 201 Å². The number of ether oxygens (including phenoxy) is 1. The van der Waals surface area contributed by atoms with Crippen molar-refractivity contribution in [1.29, 1.82) is 0 Å². The molecule has 10 nitrogen and oxygen atoms in total. The SMILES string of the molecule is CCn1c(Oc2ccc3cc[nH]c3c2)nnc1[C@@H](C)NS(=O)(=O)c1ccc(NC(C)=O)c(Cl)c1. The molecule has 178 valence electrons. The van der Waals surface area contributed by atoms with Crippen LogP contribution in [0.5, 0.6) is 11.8 Å². The third-order valence-corrected chi connectivity index (χ3v) is 6.93. The molecule has 12 heteroatoms. The van der Waals surface area contributed by atoms with Crippen LogP contribution in [0, 0.1) is 0 Å². The van der Waals surface area contributed by atoms with E-state index in [4.69, 9.17) is 16.3 Å². The second-order valence-electron chi connectivity index (χ2n) is 7.58. The van der Waals surface area contributed by atoms with E-state index in [2.05, 4.69) is 25.2 Å². The summed E-state index contributed by atoms with van der Waals surface area (Å²) in [4.78, 5) is 14.3. The molecular weight excluding hydrogens is 480 g/mol. The highest BCUT2D eigenvalue weighted by Gasteiger charge is 2.25. The Kier molecular flexibility index (Phi) is 6.60. The van der Waals surface area contributed by atoms with Gasteiger partial charge in [0.15, 0.2) is 5.82 Å². The summed E-state index contributed by atoms with van der Waals surface area (Å²) in [5, 5.41) is 12.0. The molecule has 0 aliphatic rings. The molecule has 0 unspecified atom stereocenters. The molecule has 0 saturated carbocycles. The predicted octanol–water partition coefficient (Wildman–Crippen LogP) is 4.22. The Balaban J connectivity index is 1.54. The van der Waals surface area contributed by atoms with Crippen LogP contribution in [0.4, 0.5) is 5.69 Å². The number of nitrogens with zero attached hydrogens (tertiary/aromatic N) is 3. The third-order valence-electron chi connectivity index (χ3n) is 5.08. The third kappa shape index (κ3) is 4.91. The van der Waals surface area contributed by atoms with Gasteiger partial charge in [-0.1, -0.05) is 16.7 Å². The molecule has 0 bridgehead atoms. The lowest BCUT2D eigenvalue weighted by Crippen LogP contribution is -2.29. The largest absolute Gasteiger partial charge is 0.424 e. The van der Waals surface area contributed by atoms with Gasteiger partial charge in [-0.2, -0.15) is 0 Å². The minimum atomic E-state index is -3.94. The maximum absolute atomic E-state index is 12.9. The van der Waals surface area contributed by atoms with E-state index in [1.165, 1.54) is 25.1 Å². The molecule has 0 saturated heterocycles. The summed E-state index contributed by atoms with van der Waals surface area (Å²) in [5.74, 6) is 0.655. The van der Waals surface area contributed by atoms with Gasteiger partial charge in [0.25, 0.3) is 0 Å². The van der Waals surface area contributed by atoms with Crippen molar-refractivity contribution in [3.8, 4) is 11.8 Å². The van der Waals surface area contributed by atoms with Crippen LogP contribution in [0.1, 0.15) is 32.6 Å². The Morgan fingerprint density at radius 2 is 2.00 bits per heavy atom. The summed E-state index contributed by atoms with van der Waals surface area (Å²) in [6, 6.07) is 11.2. The topological polar surface area (TPSA) is 131 Å². The van der Waals surface area contributed by atoms with Crippen LogP contribution in [-0.2, 0) is 21.4 Å². The van der Waals surface area contributed by atoms with E-state index in [9.17, 15) is 13.2 Å². The van der Waals surface area contributed by atoms with Crippen LogP contribution >= 0.6 is 11.6 Å². The van der Waals surface area contributed by atoms with Crippen LogP contribution < -0.4 is 14.8 Å². The fraction of sp³-hybridized carbons (Fsp3) is 0.227. The molecule has 2 aromatic carbocycles. The van der Waals surface area contributed by atoms with Crippen LogP contribution in [0.25, 0.3) is 10.9 Å². The van der Waals surface area contributed by atoms with Gasteiger partial charge in [-0.25, -0.2) is 13.1 Å². The number of aromatic nitrogens is 4. The number of anilines is 1. The second kappa shape index (κ2) is 9.45. The molecule has 4 aromatic rings. The molecule has 1 amide bonds. The number of rotatable bonds is 8. The molecule has 0 radical (unpaired) electrons. The first-order valence-electron chi connectivity index (χ1n) is 10.5. The van der Waals surface area contributed by atoms with Crippen molar-refractivity contribution in [2.75, 3.05) is 5.32 Å². The summed E-state index contributed by atoms with van der Waals surface area (Å²) in [7, 11) is -3.94. The smallest absolute Gasteiger partial charge is 0.322 e. The predicted molar refractivity (Wildman–Crippen MR) is 129 cm³/mol. The molecule has 2 heterocycles. The highest BCUT2D eigenvalue weighted by molar-refractivity contribution is 7.89. The average Bonchev–Trinajstić information content (AvgIpc) is 3.40. The number of carbonyl (C=O) groups excluding carboxylic acids is 1. The van der Waals surface area contributed by atoms with E-state index in [1.54, 1.807) is 11.5 Å². The normalized spacial score (nSPS) is 12.6. The second-order valence-corrected chi connectivity index (χ2v) is 9.70.